The van der Waals surface area contributed by atoms with Gasteiger partial charge in [0.05, 0.1) is 22.8 Å². The van der Waals surface area contributed by atoms with Crippen molar-refractivity contribution >= 4 is 42.2 Å². The number of rotatable bonds is 4. The minimum absolute atomic E-state index is 0.226. The molecular weight excluding hydrogens is 414 g/mol. The molecule has 21 heavy (non-hydrogen) atoms. The van der Waals surface area contributed by atoms with Gasteiger partial charge < -0.3 is 20.8 Å². The van der Waals surface area contributed by atoms with Crippen LogP contribution >= 0.6 is 19.4 Å². The Hall–Kier alpha value is -0.917. The van der Waals surface area contributed by atoms with Gasteiger partial charge in [-0.3, -0.25) is 0 Å². The summed E-state index contributed by atoms with van der Waals surface area (Å²) in [5.74, 6) is 0. The van der Waals surface area contributed by atoms with E-state index < -0.39 is 0 Å². The maximum atomic E-state index is 8.13. The second-order valence-corrected chi connectivity index (χ2v) is 6.23. The van der Waals surface area contributed by atoms with Crippen LogP contribution < -0.4 is 0 Å². The molecule has 0 saturated heterocycles. The Bertz CT molecular complexity index is 310. The molecule has 0 heterocycles. The van der Waals surface area contributed by atoms with E-state index in [9.17, 15) is 0 Å². The zero-order valence-corrected chi connectivity index (χ0v) is 15.2. The molecule has 0 aliphatic rings. The average molecular weight is 434 g/mol. The van der Waals surface area contributed by atoms with Crippen molar-refractivity contribution in [1.29, 1.82) is 0 Å². The summed E-state index contributed by atoms with van der Waals surface area (Å²) in [6.07, 6.45) is 0.819. The molecule has 4 N–H and O–H groups in total. The average Bonchev–Trinajstić information content (AvgIpc) is 2.47. The number of hydrogen-bond acceptors (Lipinski definition) is 8. The maximum absolute atomic E-state index is 8.13. The van der Waals surface area contributed by atoms with Gasteiger partial charge in [0.2, 0.25) is 0 Å². The Morgan fingerprint density at radius 3 is 0.905 bits per heavy atom. The van der Waals surface area contributed by atoms with E-state index in [4.69, 9.17) is 40.2 Å². The van der Waals surface area contributed by atoms with Gasteiger partial charge in [0, 0.05) is 12.8 Å². The quantitative estimate of drug-likeness (QED) is 0.233. The van der Waals surface area contributed by atoms with E-state index in [1.165, 1.54) is 0 Å². The molecule has 127 valence electrons. The van der Waals surface area contributed by atoms with Crippen LogP contribution in [0.5, 0.6) is 0 Å². The standard InChI is InChI=1S/2C5H10N2O2.2ClH.Rh/c2*1-4(6-8)3-5(2)7-9;;;/h2*8-9H,3H2,1-2H3;2*1H;/q;;;;+2/p-2/b2*6-4+,7-5+;;;. The summed E-state index contributed by atoms with van der Waals surface area (Å²) >= 11 is -0.226. The van der Waals surface area contributed by atoms with Crippen LogP contribution in [0.15, 0.2) is 20.6 Å². The third-order valence-corrected chi connectivity index (χ3v) is 1.71. The molecule has 0 bridgehead atoms. The fraction of sp³-hybridized carbons (Fsp3) is 0.600. The molecule has 0 atom stereocenters. The molecule has 0 aromatic carbocycles. The zero-order chi connectivity index (χ0) is 17.3. The molecule has 11 heteroatoms. The monoisotopic (exact) mass is 433 g/mol. The predicted molar refractivity (Wildman–Crippen MR) is 80.5 cm³/mol. The van der Waals surface area contributed by atoms with Crippen LogP contribution in [-0.4, -0.2) is 43.7 Å². The van der Waals surface area contributed by atoms with Crippen LogP contribution in [0.25, 0.3) is 0 Å². The molecule has 0 aromatic heterocycles. The first kappa shape index (κ1) is 25.1. The Morgan fingerprint density at radius 2 is 0.810 bits per heavy atom. The first-order chi connectivity index (χ1) is 9.82. The number of halogens is 2. The van der Waals surface area contributed by atoms with Crippen LogP contribution in [-0.2, 0) is 15.1 Å². The van der Waals surface area contributed by atoms with Gasteiger partial charge in [-0.1, -0.05) is 20.6 Å². The van der Waals surface area contributed by atoms with Gasteiger partial charge in [-0.05, 0) is 27.7 Å². The van der Waals surface area contributed by atoms with Crippen LogP contribution in [0, 0.1) is 0 Å². The molecule has 0 fully saturated rings. The van der Waals surface area contributed by atoms with E-state index in [0.717, 1.165) is 0 Å². The predicted octanol–water partition coefficient (Wildman–Crippen LogP) is 3.53. The van der Waals surface area contributed by atoms with Gasteiger partial charge in [-0.25, -0.2) is 0 Å². The summed E-state index contributed by atoms with van der Waals surface area (Å²) in [6, 6.07) is 0. The molecule has 8 nitrogen and oxygen atoms in total. The summed E-state index contributed by atoms with van der Waals surface area (Å²) in [5, 5.41) is 44.1. The molecule has 0 rings (SSSR count). The Morgan fingerprint density at radius 1 is 0.667 bits per heavy atom. The third kappa shape index (κ3) is 24.5. The Balaban J connectivity index is -0.000000260. The van der Waals surface area contributed by atoms with Crippen LogP contribution in [0.2, 0.25) is 0 Å². The molecule has 0 saturated carbocycles. The van der Waals surface area contributed by atoms with E-state index in [2.05, 4.69) is 20.6 Å². The van der Waals surface area contributed by atoms with Gasteiger partial charge in [0.15, 0.2) is 0 Å². The molecule has 0 unspecified atom stereocenters. The molecule has 0 radical (unpaired) electrons. The van der Waals surface area contributed by atoms with Crippen molar-refractivity contribution in [2.45, 2.75) is 40.5 Å². The van der Waals surface area contributed by atoms with E-state index >= 15 is 0 Å². The van der Waals surface area contributed by atoms with E-state index in [0.29, 0.717) is 35.7 Å². The minimum atomic E-state index is -0.226. The van der Waals surface area contributed by atoms with Crippen LogP contribution in [0.1, 0.15) is 40.5 Å². The van der Waals surface area contributed by atoms with Gasteiger partial charge in [0.1, 0.15) is 0 Å². The van der Waals surface area contributed by atoms with Crippen molar-refractivity contribution < 1.29 is 36.0 Å². The first-order valence-electron chi connectivity index (χ1n) is 5.36. The van der Waals surface area contributed by atoms with Crippen molar-refractivity contribution in [3.63, 3.8) is 0 Å². The number of oxime groups is 4. The molecule has 0 amide bonds. The fourth-order valence-corrected chi connectivity index (χ4v) is 0.882. The van der Waals surface area contributed by atoms with Crippen LogP contribution in [0.4, 0.5) is 0 Å². The topological polar surface area (TPSA) is 130 Å². The molecule has 0 aromatic rings. The van der Waals surface area contributed by atoms with Crippen molar-refractivity contribution in [3.8, 4) is 0 Å². The number of nitrogens with zero attached hydrogens (tertiary/aromatic N) is 4. The van der Waals surface area contributed by atoms with E-state index in [-0.39, 0.29) is 15.1 Å². The fourth-order valence-electron chi connectivity index (χ4n) is 0.882. The normalized spacial score (nSPS) is 13.0. The first-order valence-corrected chi connectivity index (χ1v) is 9.58. The SMILES string of the molecule is C/C(C/C(C)=N/O)=N\O.C/C(C/C(C)=N/O)=N\O.[Cl][Rh][Cl]. The van der Waals surface area contributed by atoms with Gasteiger partial charge in [-0.15, -0.1) is 0 Å². The van der Waals surface area contributed by atoms with Crippen molar-refractivity contribution in [1.82, 2.24) is 0 Å². The Labute approximate surface area is 139 Å². The molecule has 0 aliphatic carbocycles. The van der Waals surface area contributed by atoms with Gasteiger partial charge in [0.25, 0.3) is 0 Å². The summed E-state index contributed by atoms with van der Waals surface area (Å²) in [5.41, 5.74) is 2.13. The van der Waals surface area contributed by atoms with Crippen molar-refractivity contribution in [3.05, 3.63) is 0 Å². The summed E-state index contributed by atoms with van der Waals surface area (Å²) in [6.45, 7) is 6.59. The molecular formula is C10H20Cl2N4O4Rh. The van der Waals surface area contributed by atoms with Gasteiger partial charge >= 0.3 is 34.5 Å². The van der Waals surface area contributed by atoms with Crippen molar-refractivity contribution in [2.24, 2.45) is 20.6 Å². The summed E-state index contributed by atoms with van der Waals surface area (Å²) < 4.78 is 0. The summed E-state index contributed by atoms with van der Waals surface area (Å²) in [4.78, 5) is 0. The van der Waals surface area contributed by atoms with Crippen LogP contribution in [0.3, 0.4) is 0 Å². The molecule has 0 spiro atoms. The Kier molecular flexibility index (Phi) is 22.8. The van der Waals surface area contributed by atoms with E-state index in [1.54, 1.807) is 27.7 Å². The summed E-state index contributed by atoms with van der Waals surface area (Å²) in [7, 11) is 9.67. The third-order valence-electron chi connectivity index (χ3n) is 1.71. The number of hydrogen-bond donors (Lipinski definition) is 4. The van der Waals surface area contributed by atoms with Gasteiger partial charge in [-0.2, -0.15) is 0 Å². The zero-order valence-electron chi connectivity index (χ0n) is 12.1. The second-order valence-electron chi connectivity index (χ2n) is 3.74. The van der Waals surface area contributed by atoms with Crippen molar-refractivity contribution in [2.75, 3.05) is 0 Å². The molecule has 0 aliphatic heterocycles. The second kappa shape index (κ2) is 19.1. The van der Waals surface area contributed by atoms with E-state index in [1.807, 2.05) is 0 Å².